The molecule has 2 aromatic rings. The van der Waals surface area contributed by atoms with Crippen LogP contribution in [0, 0.1) is 0 Å². The number of nitrogens with one attached hydrogen (secondary N) is 1. The van der Waals surface area contributed by atoms with Crippen molar-refractivity contribution in [2.24, 2.45) is 0 Å². The summed E-state index contributed by atoms with van der Waals surface area (Å²) in [5, 5.41) is 0. The number of carbonyl (C=O) groups is 1. The second-order valence-electron chi connectivity index (χ2n) is 8.89. The van der Waals surface area contributed by atoms with Gasteiger partial charge in [0.05, 0.1) is 10.5 Å². The van der Waals surface area contributed by atoms with E-state index in [0.717, 1.165) is 43.4 Å². The molecule has 1 amide bonds. The van der Waals surface area contributed by atoms with Gasteiger partial charge in [-0.05, 0) is 48.7 Å². The van der Waals surface area contributed by atoms with Crippen molar-refractivity contribution in [1.29, 1.82) is 0 Å². The van der Waals surface area contributed by atoms with Gasteiger partial charge in [-0.15, -0.1) is 0 Å². The average molecular weight is 496 g/mol. The van der Waals surface area contributed by atoms with Crippen LogP contribution in [0.25, 0.3) is 0 Å². The molecule has 0 atom stereocenters. The van der Waals surface area contributed by atoms with Gasteiger partial charge in [-0.3, -0.25) is 9.69 Å². The van der Waals surface area contributed by atoms with Crippen LogP contribution in [0.15, 0.2) is 53.4 Å². The van der Waals surface area contributed by atoms with Gasteiger partial charge in [0.15, 0.2) is 0 Å². The van der Waals surface area contributed by atoms with Gasteiger partial charge in [-0.25, -0.2) is 13.1 Å². The lowest BCUT2D eigenvalue weighted by molar-refractivity contribution is -0.137. The fourth-order valence-corrected chi connectivity index (χ4v) is 5.83. The molecule has 2 fully saturated rings. The number of benzene rings is 2. The Balaban J connectivity index is 1.34. The molecule has 1 heterocycles. The molecule has 184 valence electrons. The van der Waals surface area contributed by atoms with E-state index in [0.29, 0.717) is 38.3 Å². The molecule has 1 saturated carbocycles. The molecule has 0 unspecified atom stereocenters. The Morgan fingerprint density at radius 3 is 2.24 bits per heavy atom. The molecule has 0 radical (unpaired) electrons. The normalized spacial score (nSPS) is 18.4. The minimum absolute atomic E-state index is 0.0536. The standard InChI is InChI=1S/C24H28F3N3O3S/c25-24(26,27)20-10-8-18(9-11-20)17-29-12-14-30(15-13-29)23(31)19-4-3-7-22(16-19)34(32,33)28-21-5-1-2-6-21/h3-4,7-11,16,21,28H,1-2,5-6,12-15,17H2. The number of sulfonamides is 1. The van der Waals surface area contributed by atoms with Crippen LogP contribution in [-0.2, 0) is 22.7 Å². The lowest BCUT2D eigenvalue weighted by Gasteiger charge is -2.35. The van der Waals surface area contributed by atoms with Crippen molar-refractivity contribution >= 4 is 15.9 Å². The number of amides is 1. The van der Waals surface area contributed by atoms with Crippen molar-refractivity contribution in [2.45, 2.75) is 49.3 Å². The Hall–Kier alpha value is -2.43. The Bertz CT molecular complexity index is 1110. The van der Waals surface area contributed by atoms with E-state index in [-0.39, 0.29) is 16.8 Å². The highest BCUT2D eigenvalue weighted by Crippen LogP contribution is 2.29. The summed E-state index contributed by atoms with van der Waals surface area (Å²) >= 11 is 0. The van der Waals surface area contributed by atoms with Gasteiger partial charge in [0.25, 0.3) is 5.91 Å². The zero-order valence-electron chi connectivity index (χ0n) is 18.7. The second kappa shape index (κ2) is 10.1. The molecule has 10 heteroatoms. The van der Waals surface area contributed by atoms with Crippen molar-refractivity contribution in [1.82, 2.24) is 14.5 Å². The van der Waals surface area contributed by atoms with Crippen molar-refractivity contribution < 1.29 is 26.4 Å². The summed E-state index contributed by atoms with van der Waals surface area (Å²) in [6.07, 6.45) is -0.677. The Morgan fingerprint density at radius 1 is 0.971 bits per heavy atom. The zero-order valence-corrected chi connectivity index (χ0v) is 19.5. The van der Waals surface area contributed by atoms with Crippen LogP contribution in [-0.4, -0.2) is 56.3 Å². The topological polar surface area (TPSA) is 69.7 Å². The fraction of sp³-hybridized carbons (Fsp3) is 0.458. The van der Waals surface area contributed by atoms with Crippen molar-refractivity contribution in [3.05, 3.63) is 65.2 Å². The van der Waals surface area contributed by atoms with Gasteiger partial charge in [0.1, 0.15) is 0 Å². The number of carbonyl (C=O) groups excluding carboxylic acids is 1. The van der Waals surface area contributed by atoms with E-state index in [1.165, 1.54) is 24.3 Å². The van der Waals surface area contributed by atoms with Crippen LogP contribution in [0.3, 0.4) is 0 Å². The zero-order chi connectivity index (χ0) is 24.3. The molecule has 0 aromatic heterocycles. The summed E-state index contributed by atoms with van der Waals surface area (Å²) in [5.41, 5.74) is 0.431. The van der Waals surface area contributed by atoms with Crippen LogP contribution in [0.5, 0.6) is 0 Å². The van der Waals surface area contributed by atoms with Gasteiger partial charge in [0.2, 0.25) is 10.0 Å². The first-order valence-electron chi connectivity index (χ1n) is 11.4. The average Bonchev–Trinajstić information content (AvgIpc) is 3.31. The number of alkyl halides is 3. The smallest absolute Gasteiger partial charge is 0.336 e. The summed E-state index contributed by atoms with van der Waals surface area (Å²) in [5.74, 6) is -0.230. The molecule has 1 saturated heterocycles. The minimum atomic E-state index is -4.35. The third-order valence-electron chi connectivity index (χ3n) is 6.42. The van der Waals surface area contributed by atoms with Gasteiger partial charge < -0.3 is 4.90 Å². The van der Waals surface area contributed by atoms with Crippen LogP contribution < -0.4 is 4.72 Å². The highest BCUT2D eigenvalue weighted by atomic mass is 32.2. The molecule has 1 aliphatic heterocycles. The summed E-state index contributed by atoms with van der Waals surface area (Å²) < 4.78 is 66.4. The largest absolute Gasteiger partial charge is 0.416 e. The molecule has 2 aliphatic rings. The van der Waals surface area contributed by atoms with Crippen molar-refractivity contribution in [3.8, 4) is 0 Å². The number of piperazine rings is 1. The fourth-order valence-electron chi connectivity index (χ4n) is 4.48. The molecule has 34 heavy (non-hydrogen) atoms. The third-order valence-corrected chi connectivity index (χ3v) is 7.93. The monoisotopic (exact) mass is 495 g/mol. The van der Waals surface area contributed by atoms with E-state index in [1.807, 2.05) is 0 Å². The summed E-state index contributed by atoms with van der Waals surface area (Å²) in [6, 6.07) is 11.2. The molecule has 0 spiro atoms. The highest BCUT2D eigenvalue weighted by Gasteiger charge is 2.30. The lowest BCUT2D eigenvalue weighted by Crippen LogP contribution is -2.48. The lowest BCUT2D eigenvalue weighted by atomic mass is 10.1. The third kappa shape index (κ3) is 5.97. The van der Waals surface area contributed by atoms with Gasteiger partial charge in [-0.2, -0.15) is 13.2 Å². The Kier molecular flexibility index (Phi) is 7.30. The molecule has 4 rings (SSSR count). The molecule has 1 N–H and O–H groups in total. The van der Waals surface area contributed by atoms with Crippen molar-refractivity contribution in [2.75, 3.05) is 26.2 Å². The highest BCUT2D eigenvalue weighted by molar-refractivity contribution is 7.89. The predicted octanol–water partition coefficient (Wildman–Crippen LogP) is 3.88. The number of nitrogens with zero attached hydrogens (tertiary/aromatic N) is 2. The van der Waals surface area contributed by atoms with Crippen LogP contribution in [0.4, 0.5) is 13.2 Å². The maximum atomic E-state index is 13.0. The maximum absolute atomic E-state index is 13.0. The maximum Gasteiger partial charge on any atom is 0.416 e. The SMILES string of the molecule is O=C(c1cccc(S(=O)(=O)NC2CCCC2)c1)N1CCN(Cc2ccc(C(F)(F)F)cc2)CC1. The first kappa shape index (κ1) is 24.7. The van der Waals surface area contributed by atoms with E-state index >= 15 is 0 Å². The van der Waals surface area contributed by atoms with E-state index in [1.54, 1.807) is 17.0 Å². The van der Waals surface area contributed by atoms with E-state index in [4.69, 9.17) is 0 Å². The molecular weight excluding hydrogens is 467 g/mol. The van der Waals surface area contributed by atoms with Crippen LogP contribution in [0.2, 0.25) is 0 Å². The molecule has 2 aromatic carbocycles. The molecule has 6 nitrogen and oxygen atoms in total. The second-order valence-corrected chi connectivity index (χ2v) is 10.6. The van der Waals surface area contributed by atoms with Crippen molar-refractivity contribution in [3.63, 3.8) is 0 Å². The number of rotatable bonds is 6. The minimum Gasteiger partial charge on any atom is -0.336 e. The summed E-state index contributed by atoms with van der Waals surface area (Å²) in [7, 11) is -3.69. The molecule has 0 bridgehead atoms. The van der Waals surface area contributed by atoms with E-state index in [9.17, 15) is 26.4 Å². The van der Waals surface area contributed by atoms with Gasteiger partial charge in [0, 0.05) is 44.3 Å². The first-order valence-corrected chi connectivity index (χ1v) is 12.9. The summed E-state index contributed by atoms with van der Waals surface area (Å²) in [6.45, 7) is 2.57. The molecular formula is C24H28F3N3O3S. The predicted molar refractivity (Wildman–Crippen MR) is 122 cm³/mol. The quantitative estimate of drug-likeness (QED) is 0.661. The van der Waals surface area contributed by atoms with E-state index in [2.05, 4.69) is 9.62 Å². The number of hydrogen-bond donors (Lipinski definition) is 1. The first-order chi connectivity index (χ1) is 16.1. The van der Waals surface area contributed by atoms with Gasteiger partial charge >= 0.3 is 6.18 Å². The Labute approximate surface area is 197 Å². The van der Waals surface area contributed by atoms with Crippen LogP contribution >= 0.6 is 0 Å². The van der Waals surface area contributed by atoms with E-state index < -0.39 is 21.8 Å². The molecule has 1 aliphatic carbocycles. The van der Waals surface area contributed by atoms with Crippen LogP contribution in [0.1, 0.15) is 47.2 Å². The summed E-state index contributed by atoms with van der Waals surface area (Å²) in [4.78, 5) is 16.9. The van der Waals surface area contributed by atoms with Gasteiger partial charge in [-0.1, -0.05) is 31.0 Å². The Morgan fingerprint density at radius 2 is 1.62 bits per heavy atom. The number of hydrogen-bond acceptors (Lipinski definition) is 4. The number of halogens is 3.